The van der Waals surface area contributed by atoms with Crippen LogP contribution in [0.2, 0.25) is 0 Å². The number of hydrazine groups is 1. The zero-order chi connectivity index (χ0) is 16.6. The summed E-state index contributed by atoms with van der Waals surface area (Å²) in [7, 11) is 0. The highest BCUT2D eigenvalue weighted by molar-refractivity contribution is 6.09. The molecule has 0 aromatic heterocycles. The number of nitrogens with one attached hydrogen (secondary N) is 2. The van der Waals surface area contributed by atoms with Gasteiger partial charge in [-0.05, 0) is 49.9 Å². The first-order valence-corrected chi connectivity index (χ1v) is 7.98. The highest BCUT2D eigenvalue weighted by Gasteiger charge is 2.52. The third kappa shape index (κ3) is 2.69. The van der Waals surface area contributed by atoms with Gasteiger partial charge < -0.3 is 5.32 Å². The predicted molar refractivity (Wildman–Crippen MR) is 84.6 cm³/mol. The molecule has 4 amide bonds. The van der Waals surface area contributed by atoms with Crippen LogP contribution in [0.15, 0.2) is 18.2 Å². The quantitative estimate of drug-likeness (QED) is 0.821. The minimum absolute atomic E-state index is 0.348. The van der Waals surface area contributed by atoms with Crippen molar-refractivity contribution in [3.63, 3.8) is 0 Å². The number of carbonyl (C=O) groups excluding carboxylic acids is 3. The van der Waals surface area contributed by atoms with Gasteiger partial charge in [0.15, 0.2) is 0 Å². The fourth-order valence-corrected chi connectivity index (χ4v) is 3.26. The number of urea groups is 1. The smallest absolute Gasteiger partial charge is 0.322 e. The zero-order valence-corrected chi connectivity index (χ0v) is 13.4. The van der Waals surface area contributed by atoms with Gasteiger partial charge in [-0.15, -0.1) is 0 Å². The summed E-state index contributed by atoms with van der Waals surface area (Å²) in [6, 6.07) is 4.74. The number of rotatable bonds is 2. The molecule has 0 atom stereocenters. The van der Waals surface area contributed by atoms with Crippen molar-refractivity contribution in [1.82, 2.24) is 15.8 Å². The van der Waals surface area contributed by atoms with Gasteiger partial charge in [-0.1, -0.05) is 25.3 Å². The molecule has 1 saturated carbocycles. The summed E-state index contributed by atoms with van der Waals surface area (Å²) in [6.07, 6.45) is 4.15. The normalized spacial score (nSPS) is 19.8. The van der Waals surface area contributed by atoms with Gasteiger partial charge in [-0.3, -0.25) is 15.0 Å². The molecule has 3 rings (SSSR count). The average molecular weight is 315 g/mol. The second-order valence-electron chi connectivity index (χ2n) is 6.45. The Morgan fingerprint density at radius 1 is 1.13 bits per heavy atom. The lowest BCUT2D eigenvalue weighted by Crippen LogP contribution is -2.50. The summed E-state index contributed by atoms with van der Waals surface area (Å²) in [5.74, 6) is -0.802. The van der Waals surface area contributed by atoms with Crippen molar-refractivity contribution < 1.29 is 14.4 Å². The maximum Gasteiger partial charge on any atom is 0.344 e. The van der Waals surface area contributed by atoms with E-state index in [1.807, 2.05) is 19.9 Å². The van der Waals surface area contributed by atoms with E-state index in [0.717, 1.165) is 35.4 Å². The molecule has 6 nitrogen and oxygen atoms in total. The van der Waals surface area contributed by atoms with Crippen molar-refractivity contribution in [2.45, 2.75) is 51.5 Å². The number of imide groups is 1. The summed E-state index contributed by atoms with van der Waals surface area (Å²) in [4.78, 5) is 37.1. The van der Waals surface area contributed by atoms with E-state index in [-0.39, 0.29) is 5.91 Å². The van der Waals surface area contributed by atoms with Crippen molar-refractivity contribution in [2.24, 2.45) is 0 Å². The Labute approximate surface area is 135 Å². The number of amides is 4. The summed E-state index contributed by atoms with van der Waals surface area (Å²) in [5.41, 5.74) is 4.11. The van der Waals surface area contributed by atoms with Crippen LogP contribution < -0.4 is 10.7 Å². The lowest BCUT2D eigenvalue weighted by Gasteiger charge is -2.30. The molecule has 1 saturated heterocycles. The van der Waals surface area contributed by atoms with E-state index in [0.29, 0.717) is 18.4 Å². The van der Waals surface area contributed by atoms with Crippen LogP contribution in [-0.4, -0.2) is 28.4 Å². The van der Waals surface area contributed by atoms with E-state index >= 15 is 0 Å². The summed E-state index contributed by atoms with van der Waals surface area (Å²) in [5, 5.41) is 3.61. The predicted octanol–water partition coefficient (Wildman–Crippen LogP) is 2.20. The Bertz CT molecular complexity index is 678. The highest BCUT2D eigenvalue weighted by Crippen LogP contribution is 2.33. The second kappa shape index (κ2) is 5.68. The maximum atomic E-state index is 12.6. The molecule has 1 heterocycles. The largest absolute Gasteiger partial charge is 0.344 e. The third-order valence-electron chi connectivity index (χ3n) is 4.85. The number of hydrogen-bond donors (Lipinski definition) is 2. The van der Waals surface area contributed by atoms with Crippen LogP contribution in [-0.2, 0) is 4.79 Å². The third-order valence-corrected chi connectivity index (χ3v) is 4.85. The lowest BCUT2D eigenvalue weighted by atomic mass is 9.82. The van der Waals surface area contributed by atoms with Gasteiger partial charge in [-0.25, -0.2) is 4.79 Å². The van der Waals surface area contributed by atoms with Crippen LogP contribution in [0.4, 0.5) is 4.79 Å². The minimum Gasteiger partial charge on any atom is -0.322 e. The summed E-state index contributed by atoms with van der Waals surface area (Å²) >= 11 is 0. The van der Waals surface area contributed by atoms with Gasteiger partial charge >= 0.3 is 6.03 Å². The Balaban J connectivity index is 1.76. The summed E-state index contributed by atoms with van der Waals surface area (Å²) < 4.78 is 0. The molecule has 1 aromatic rings. The number of nitrogens with zero attached hydrogens (tertiary/aromatic N) is 1. The van der Waals surface area contributed by atoms with Crippen molar-refractivity contribution in [3.8, 4) is 0 Å². The molecule has 1 spiro atoms. The topological polar surface area (TPSA) is 78.5 Å². The van der Waals surface area contributed by atoms with Crippen LogP contribution in [0.5, 0.6) is 0 Å². The molecule has 6 heteroatoms. The fraction of sp³-hybridized carbons (Fsp3) is 0.471. The SMILES string of the molecule is Cc1ccc(C(=O)NN2C(=O)NC3(CCCCC3)C2=O)cc1C. The standard InChI is InChI=1S/C17H21N3O3/c1-11-6-7-13(10-12(11)2)14(21)19-20-15(22)17(18-16(20)23)8-4-3-5-9-17/h6-7,10H,3-5,8-9H2,1-2H3,(H,18,23)(H,19,21). The molecule has 23 heavy (non-hydrogen) atoms. The van der Waals surface area contributed by atoms with E-state index in [2.05, 4.69) is 10.7 Å². The average Bonchev–Trinajstić information content (AvgIpc) is 2.75. The van der Waals surface area contributed by atoms with E-state index < -0.39 is 17.5 Å². The highest BCUT2D eigenvalue weighted by atomic mass is 16.2. The van der Waals surface area contributed by atoms with Gasteiger partial charge in [0.2, 0.25) is 0 Å². The molecular weight excluding hydrogens is 294 g/mol. The second-order valence-corrected chi connectivity index (χ2v) is 6.45. The molecule has 0 unspecified atom stereocenters. The van der Waals surface area contributed by atoms with Crippen molar-refractivity contribution in [1.29, 1.82) is 0 Å². The first-order chi connectivity index (χ1) is 10.9. The zero-order valence-electron chi connectivity index (χ0n) is 13.4. The molecule has 0 bridgehead atoms. The Morgan fingerprint density at radius 2 is 1.83 bits per heavy atom. The molecule has 1 aliphatic heterocycles. The number of hydrogen-bond acceptors (Lipinski definition) is 3. The molecule has 1 aliphatic carbocycles. The van der Waals surface area contributed by atoms with E-state index in [1.165, 1.54) is 0 Å². The number of benzene rings is 1. The van der Waals surface area contributed by atoms with Gasteiger partial charge in [0, 0.05) is 5.56 Å². The molecule has 122 valence electrons. The van der Waals surface area contributed by atoms with Crippen LogP contribution in [0.1, 0.15) is 53.6 Å². The van der Waals surface area contributed by atoms with E-state index in [1.54, 1.807) is 12.1 Å². The van der Waals surface area contributed by atoms with Crippen molar-refractivity contribution >= 4 is 17.8 Å². The van der Waals surface area contributed by atoms with Crippen molar-refractivity contribution in [2.75, 3.05) is 0 Å². The van der Waals surface area contributed by atoms with E-state index in [4.69, 9.17) is 0 Å². The van der Waals surface area contributed by atoms with Gasteiger partial charge in [0.05, 0.1) is 0 Å². The Morgan fingerprint density at radius 3 is 2.48 bits per heavy atom. The van der Waals surface area contributed by atoms with Crippen LogP contribution in [0, 0.1) is 13.8 Å². The van der Waals surface area contributed by atoms with Crippen LogP contribution >= 0.6 is 0 Å². The minimum atomic E-state index is -0.828. The maximum absolute atomic E-state index is 12.6. The molecule has 2 aliphatic rings. The molecule has 1 aromatic carbocycles. The first-order valence-electron chi connectivity index (χ1n) is 7.98. The van der Waals surface area contributed by atoms with Crippen LogP contribution in [0.3, 0.4) is 0 Å². The summed E-state index contributed by atoms with van der Waals surface area (Å²) in [6.45, 7) is 3.87. The van der Waals surface area contributed by atoms with Gasteiger partial charge in [0.25, 0.3) is 11.8 Å². The Hall–Kier alpha value is -2.37. The molecule has 2 fully saturated rings. The molecule has 2 N–H and O–H groups in total. The lowest BCUT2D eigenvalue weighted by molar-refractivity contribution is -0.134. The van der Waals surface area contributed by atoms with E-state index in [9.17, 15) is 14.4 Å². The molecule has 0 radical (unpaired) electrons. The fourth-order valence-electron chi connectivity index (χ4n) is 3.26. The van der Waals surface area contributed by atoms with Crippen molar-refractivity contribution in [3.05, 3.63) is 34.9 Å². The monoisotopic (exact) mass is 315 g/mol. The first kappa shape index (κ1) is 15.5. The Kier molecular flexibility index (Phi) is 3.83. The van der Waals surface area contributed by atoms with Gasteiger partial charge in [0.1, 0.15) is 5.54 Å². The van der Waals surface area contributed by atoms with Crippen LogP contribution in [0.25, 0.3) is 0 Å². The van der Waals surface area contributed by atoms with Gasteiger partial charge in [-0.2, -0.15) is 5.01 Å². The number of carbonyl (C=O) groups is 3. The molecular formula is C17H21N3O3. The number of aryl methyl sites for hydroxylation is 2.